The topological polar surface area (TPSA) is 64.1 Å². The first-order valence-corrected chi connectivity index (χ1v) is 6.45. The fourth-order valence-electron chi connectivity index (χ4n) is 1.87. The quantitative estimate of drug-likeness (QED) is 0.877. The number of rotatable bonds is 4. The summed E-state index contributed by atoms with van der Waals surface area (Å²) in [4.78, 5) is 20.2. The van der Waals surface area contributed by atoms with Crippen molar-refractivity contribution in [3.63, 3.8) is 0 Å². The Hall–Kier alpha value is -2.14. The van der Waals surface area contributed by atoms with E-state index in [9.17, 15) is 4.79 Å². The fourth-order valence-corrected chi connectivity index (χ4v) is 1.87. The Labute approximate surface area is 130 Å². The molecular formula is C15H18ClN3O2. The van der Waals surface area contributed by atoms with Gasteiger partial charge in [-0.05, 0) is 39.0 Å². The van der Waals surface area contributed by atoms with Gasteiger partial charge in [0.25, 0.3) is 0 Å². The summed E-state index contributed by atoms with van der Waals surface area (Å²) in [6.45, 7) is 5.90. The van der Waals surface area contributed by atoms with E-state index in [0.717, 1.165) is 11.4 Å². The monoisotopic (exact) mass is 307 g/mol. The van der Waals surface area contributed by atoms with Crippen LogP contribution in [0.2, 0.25) is 0 Å². The number of hydrogen-bond acceptors (Lipinski definition) is 5. The number of carbonyl (C=O) groups is 1. The fraction of sp³-hybridized carbons (Fsp3) is 0.267. The number of anilines is 2. The largest absolute Gasteiger partial charge is 0.462 e. The lowest BCUT2D eigenvalue weighted by Crippen LogP contribution is -2.05. The van der Waals surface area contributed by atoms with Crippen molar-refractivity contribution in [3.8, 4) is 0 Å². The van der Waals surface area contributed by atoms with Gasteiger partial charge in [0.2, 0.25) is 0 Å². The smallest absolute Gasteiger partial charge is 0.338 e. The lowest BCUT2D eigenvalue weighted by molar-refractivity contribution is 0.0526. The highest BCUT2D eigenvalue weighted by molar-refractivity contribution is 5.90. The van der Waals surface area contributed by atoms with E-state index in [-0.39, 0.29) is 18.4 Å². The molecule has 0 saturated heterocycles. The van der Waals surface area contributed by atoms with Gasteiger partial charge in [0, 0.05) is 17.4 Å². The van der Waals surface area contributed by atoms with Gasteiger partial charge in [-0.1, -0.05) is 6.07 Å². The van der Waals surface area contributed by atoms with Crippen LogP contribution < -0.4 is 5.32 Å². The zero-order chi connectivity index (χ0) is 14.5. The molecule has 0 unspecified atom stereocenters. The van der Waals surface area contributed by atoms with E-state index in [1.54, 1.807) is 25.1 Å². The van der Waals surface area contributed by atoms with E-state index in [0.29, 0.717) is 23.8 Å². The van der Waals surface area contributed by atoms with Crippen LogP contribution in [0.15, 0.2) is 30.3 Å². The molecule has 0 radical (unpaired) electrons. The van der Waals surface area contributed by atoms with Crippen molar-refractivity contribution in [1.82, 2.24) is 9.97 Å². The van der Waals surface area contributed by atoms with Gasteiger partial charge in [-0.25, -0.2) is 14.8 Å². The van der Waals surface area contributed by atoms with E-state index in [4.69, 9.17) is 4.74 Å². The maximum atomic E-state index is 11.7. The van der Waals surface area contributed by atoms with Crippen molar-refractivity contribution in [2.45, 2.75) is 20.8 Å². The van der Waals surface area contributed by atoms with Gasteiger partial charge in [0.15, 0.2) is 0 Å². The summed E-state index contributed by atoms with van der Waals surface area (Å²) in [6, 6.07) is 8.99. The predicted molar refractivity (Wildman–Crippen MR) is 84.4 cm³/mol. The second-order valence-electron chi connectivity index (χ2n) is 4.37. The SMILES string of the molecule is CCOC(=O)c1cccc(Nc2cc(C)nc(C)n2)c1.Cl. The Balaban J connectivity index is 0.00000220. The molecule has 0 amide bonds. The second kappa shape index (κ2) is 7.59. The molecule has 1 aromatic heterocycles. The lowest BCUT2D eigenvalue weighted by atomic mass is 10.2. The summed E-state index contributed by atoms with van der Waals surface area (Å²) in [7, 11) is 0. The van der Waals surface area contributed by atoms with Crippen molar-refractivity contribution >= 4 is 29.9 Å². The van der Waals surface area contributed by atoms with Gasteiger partial charge in [0.1, 0.15) is 11.6 Å². The molecule has 0 fully saturated rings. The van der Waals surface area contributed by atoms with Crippen LogP contribution in [0, 0.1) is 13.8 Å². The molecule has 112 valence electrons. The number of ether oxygens (including phenoxy) is 1. The van der Waals surface area contributed by atoms with Crippen LogP contribution in [-0.2, 0) is 4.74 Å². The maximum Gasteiger partial charge on any atom is 0.338 e. The normalized spacial score (nSPS) is 9.67. The summed E-state index contributed by atoms with van der Waals surface area (Å²) < 4.78 is 4.98. The summed E-state index contributed by atoms with van der Waals surface area (Å²) in [5, 5.41) is 3.16. The van der Waals surface area contributed by atoms with Gasteiger partial charge in [-0.2, -0.15) is 0 Å². The van der Waals surface area contributed by atoms with Crippen molar-refractivity contribution in [2.24, 2.45) is 0 Å². The Bertz CT molecular complexity index is 612. The van der Waals surface area contributed by atoms with Gasteiger partial charge in [0.05, 0.1) is 12.2 Å². The highest BCUT2D eigenvalue weighted by Gasteiger charge is 2.07. The van der Waals surface area contributed by atoms with E-state index in [2.05, 4.69) is 15.3 Å². The van der Waals surface area contributed by atoms with Crippen LogP contribution >= 0.6 is 12.4 Å². The standard InChI is InChI=1S/C15H17N3O2.ClH/c1-4-20-15(19)12-6-5-7-13(9-12)18-14-8-10(2)16-11(3)17-14;/h5-9H,4H2,1-3H3,(H,16,17,18);1H. The van der Waals surface area contributed by atoms with Gasteiger partial charge in [-0.3, -0.25) is 0 Å². The third-order valence-corrected chi connectivity index (χ3v) is 2.61. The minimum atomic E-state index is -0.328. The van der Waals surface area contributed by atoms with Crippen molar-refractivity contribution in [1.29, 1.82) is 0 Å². The van der Waals surface area contributed by atoms with Crippen molar-refractivity contribution in [3.05, 3.63) is 47.4 Å². The Morgan fingerprint density at radius 1 is 1.24 bits per heavy atom. The highest BCUT2D eigenvalue weighted by atomic mass is 35.5. The molecule has 2 rings (SSSR count). The number of carbonyl (C=O) groups excluding carboxylic acids is 1. The van der Waals surface area contributed by atoms with Gasteiger partial charge >= 0.3 is 5.97 Å². The second-order valence-corrected chi connectivity index (χ2v) is 4.37. The zero-order valence-electron chi connectivity index (χ0n) is 12.2. The maximum absolute atomic E-state index is 11.7. The van der Waals surface area contributed by atoms with Crippen LogP contribution in [0.25, 0.3) is 0 Å². The first kappa shape index (κ1) is 16.9. The van der Waals surface area contributed by atoms with Crippen LogP contribution in [0.5, 0.6) is 0 Å². The molecule has 0 aliphatic heterocycles. The Kier molecular flexibility index (Phi) is 6.11. The Morgan fingerprint density at radius 2 is 2.00 bits per heavy atom. The number of esters is 1. The lowest BCUT2D eigenvalue weighted by Gasteiger charge is -2.08. The zero-order valence-corrected chi connectivity index (χ0v) is 13.0. The third kappa shape index (κ3) is 4.72. The molecule has 1 heterocycles. The van der Waals surface area contributed by atoms with E-state index < -0.39 is 0 Å². The van der Waals surface area contributed by atoms with Crippen LogP contribution in [0.3, 0.4) is 0 Å². The predicted octanol–water partition coefficient (Wildman–Crippen LogP) is 3.44. The molecule has 0 atom stereocenters. The highest BCUT2D eigenvalue weighted by Crippen LogP contribution is 2.17. The van der Waals surface area contributed by atoms with Crippen molar-refractivity contribution < 1.29 is 9.53 Å². The third-order valence-electron chi connectivity index (χ3n) is 2.61. The first-order valence-electron chi connectivity index (χ1n) is 6.45. The van der Waals surface area contributed by atoms with Gasteiger partial charge in [-0.15, -0.1) is 12.4 Å². The number of benzene rings is 1. The number of nitrogens with one attached hydrogen (secondary N) is 1. The molecule has 0 aliphatic carbocycles. The van der Waals surface area contributed by atoms with E-state index >= 15 is 0 Å². The average Bonchev–Trinajstić information content (AvgIpc) is 2.38. The summed E-state index contributed by atoms with van der Waals surface area (Å²) in [5.41, 5.74) is 2.19. The van der Waals surface area contributed by atoms with Gasteiger partial charge < -0.3 is 10.1 Å². The molecule has 0 aliphatic rings. The number of halogens is 1. The molecular weight excluding hydrogens is 290 g/mol. The number of hydrogen-bond donors (Lipinski definition) is 1. The molecule has 0 bridgehead atoms. The molecule has 1 aromatic carbocycles. The summed E-state index contributed by atoms with van der Waals surface area (Å²) in [5.74, 6) is 1.08. The average molecular weight is 308 g/mol. The first-order chi connectivity index (χ1) is 9.58. The number of nitrogens with zero attached hydrogens (tertiary/aromatic N) is 2. The molecule has 0 saturated carbocycles. The molecule has 21 heavy (non-hydrogen) atoms. The van der Waals surface area contributed by atoms with E-state index in [1.165, 1.54) is 0 Å². The minimum absolute atomic E-state index is 0. The van der Waals surface area contributed by atoms with Crippen LogP contribution in [0.4, 0.5) is 11.5 Å². The number of aryl methyl sites for hydroxylation is 2. The van der Waals surface area contributed by atoms with Crippen molar-refractivity contribution in [2.75, 3.05) is 11.9 Å². The van der Waals surface area contributed by atoms with Crippen LogP contribution in [-0.4, -0.2) is 22.5 Å². The molecule has 5 nitrogen and oxygen atoms in total. The molecule has 0 spiro atoms. The molecule has 1 N–H and O–H groups in total. The Morgan fingerprint density at radius 3 is 2.67 bits per heavy atom. The van der Waals surface area contributed by atoms with Crippen LogP contribution in [0.1, 0.15) is 28.8 Å². The molecule has 6 heteroatoms. The number of aromatic nitrogens is 2. The molecule has 2 aromatic rings. The minimum Gasteiger partial charge on any atom is -0.462 e. The van der Waals surface area contributed by atoms with E-state index in [1.807, 2.05) is 26.0 Å². The summed E-state index contributed by atoms with van der Waals surface area (Å²) >= 11 is 0. The summed E-state index contributed by atoms with van der Waals surface area (Å²) in [6.07, 6.45) is 0.